The number of rotatable bonds is 1. The molecule has 3 aromatic carbocycles. The topological polar surface area (TPSA) is 115 Å². The lowest BCUT2D eigenvalue weighted by Crippen LogP contribution is -2.33. The number of aromatic nitrogens is 3. The summed E-state index contributed by atoms with van der Waals surface area (Å²) in [4.78, 5) is 13.0. The first-order chi connectivity index (χ1) is 15.9. The van der Waals surface area contributed by atoms with E-state index in [0.717, 1.165) is 0 Å². The Morgan fingerprint density at radius 1 is 0.853 bits per heavy atom. The van der Waals surface area contributed by atoms with Gasteiger partial charge in [-0.15, -0.1) is 22.6 Å². The Kier molecular flexibility index (Phi) is 5.05. The predicted molar refractivity (Wildman–Crippen MR) is 124 cm³/mol. The number of esters is 1. The van der Waals surface area contributed by atoms with Gasteiger partial charge in [-0.25, -0.2) is 4.79 Å². The van der Waals surface area contributed by atoms with Crippen molar-refractivity contribution in [2.24, 2.45) is 0 Å². The van der Waals surface area contributed by atoms with E-state index in [1.807, 2.05) is 0 Å². The van der Waals surface area contributed by atoms with Crippen molar-refractivity contribution in [3.05, 3.63) is 87.0 Å². The van der Waals surface area contributed by atoms with Crippen LogP contribution < -0.4 is 4.74 Å². The molecule has 170 valence electrons. The van der Waals surface area contributed by atoms with Crippen LogP contribution in [0.15, 0.2) is 54.6 Å². The van der Waals surface area contributed by atoms with Gasteiger partial charge in [0.05, 0.1) is 11.1 Å². The average Bonchev–Trinajstić information content (AvgIpc) is 3.08. The molecule has 11 heteroatoms. The molecule has 34 heavy (non-hydrogen) atoms. The fourth-order valence-corrected chi connectivity index (χ4v) is 4.74. The first-order valence-corrected chi connectivity index (χ1v) is 10.4. The van der Waals surface area contributed by atoms with Crippen molar-refractivity contribution < 1.29 is 24.5 Å². The van der Waals surface area contributed by atoms with Crippen LogP contribution in [0.5, 0.6) is 23.0 Å². The smallest absolute Gasteiger partial charge is 0.340 e. The van der Waals surface area contributed by atoms with Gasteiger partial charge in [-0.3, -0.25) is 0 Å². The minimum Gasteiger partial charge on any atom is -0.508 e. The van der Waals surface area contributed by atoms with E-state index in [0.29, 0.717) is 22.3 Å². The summed E-state index contributed by atoms with van der Waals surface area (Å²) in [7, 11) is 0. The molecule has 1 unspecified atom stereocenters. The van der Waals surface area contributed by atoms with E-state index in [1.165, 1.54) is 24.3 Å². The van der Waals surface area contributed by atoms with Crippen LogP contribution in [0.2, 0.25) is 10.2 Å². The number of benzene rings is 3. The summed E-state index contributed by atoms with van der Waals surface area (Å²) in [6, 6.07) is 14.3. The Bertz CT molecular complexity index is 1510. The first-order valence-electron chi connectivity index (χ1n) is 9.66. The van der Waals surface area contributed by atoms with Crippen molar-refractivity contribution in [1.29, 1.82) is 0 Å². The number of carbonyl (C=O) groups excluding carboxylic acids is 1. The normalized spacial score (nSPS) is 17.2. The van der Waals surface area contributed by atoms with Crippen molar-refractivity contribution in [3.8, 4) is 34.3 Å². The van der Waals surface area contributed by atoms with E-state index < -0.39 is 11.6 Å². The second-order valence-electron chi connectivity index (χ2n) is 7.51. The zero-order valence-corrected chi connectivity index (χ0v) is 19.1. The molecule has 8 nitrogen and oxygen atoms in total. The number of hydrogen-bond acceptors (Lipinski definition) is 8. The van der Waals surface area contributed by atoms with E-state index in [2.05, 4.69) is 15.4 Å². The highest BCUT2D eigenvalue weighted by Gasteiger charge is 2.55. The van der Waals surface area contributed by atoms with Crippen molar-refractivity contribution in [3.63, 3.8) is 0 Å². The zero-order valence-electron chi connectivity index (χ0n) is 16.8. The van der Waals surface area contributed by atoms with Crippen LogP contribution in [0.1, 0.15) is 27.0 Å². The first kappa shape index (κ1) is 22.2. The van der Waals surface area contributed by atoms with Gasteiger partial charge in [0.25, 0.3) is 0 Å². The fraction of sp³-hybridized carbons (Fsp3) is 0.0435. The average molecular weight is 517 g/mol. The molecule has 4 aromatic rings. The van der Waals surface area contributed by atoms with Crippen LogP contribution in [0.3, 0.4) is 0 Å². The van der Waals surface area contributed by atoms with E-state index in [1.54, 1.807) is 30.3 Å². The van der Waals surface area contributed by atoms with E-state index in [9.17, 15) is 15.0 Å². The SMILES string of the molecule is Cl.O=C1OC2(c3ccc(O)cc3Oc3cc(O)cc(-c4nnnc(Cl)c4Cl)c32)c2ccccc21. The molecule has 0 aliphatic carbocycles. The van der Waals surface area contributed by atoms with Crippen molar-refractivity contribution >= 4 is 41.6 Å². The monoisotopic (exact) mass is 515 g/mol. The molecule has 0 fully saturated rings. The predicted octanol–water partition coefficient (Wildman–Crippen LogP) is 5.25. The van der Waals surface area contributed by atoms with Crippen LogP contribution in [0.25, 0.3) is 11.3 Å². The molecule has 1 spiro atoms. The van der Waals surface area contributed by atoms with Crippen molar-refractivity contribution in [2.75, 3.05) is 0 Å². The minimum atomic E-state index is -1.48. The molecular weight excluding hydrogens is 505 g/mol. The van der Waals surface area contributed by atoms with E-state index >= 15 is 0 Å². The Balaban J connectivity index is 0.00000241. The van der Waals surface area contributed by atoms with Crippen LogP contribution in [-0.4, -0.2) is 31.6 Å². The van der Waals surface area contributed by atoms with Gasteiger partial charge in [-0.05, 0) is 29.5 Å². The minimum absolute atomic E-state index is 0. The van der Waals surface area contributed by atoms with Gasteiger partial charge in [0.2, 0.25) is 0 Å². The van der Waals surface area contributed by atoms with E-state index in [-0.39, 0.29) is 56.8 Å². The number of nitrogens with zero attached hydrogens (tertiary/aromatic N) is 3. The van der Waals surface area contributed by atoms with Gasteiger partial charge in [-0.1, -0.05) is 41.4 Å². The van der Waals surface area contributed by atoms with Crippen LogP contribution in [0.4, 0.5) is 0 Å². The van der Waals surface area contributed by atoms with E-state index in [4.69, 9.17) is 32.7 Å². The van der Waals surface area contributed by atoms with Crippen LogP contribution >= 0.6 is 35.6 Å². The number of carbonyl (C=O) groups is 1. The summed E-state index contributed by atoms with van der Waals surface area (Å²) in [6.45, 7) is 0. The number of hydrogen-bond donors (Lipinski definition) is 2. The number of phenols is 2. The van der Waals surface area contributed by atoms with Crippen LogP contribution in [0, 0.1) is 0 Å². The molecule has 2 aliphatic rings. The summed E-state index contributed by atoms with van der Waals surface area (Å²) >= 11 is 12.5. The van der Waals surface area contributed by atoms with Crippen molar-refractivity contribution in [1.82, 2.24) is 15.4 Å². The zero-order chi connectivity index (χ0) is 22.9. The Hall–Kier alpha value is -3.59. The van der Waals surface area contributed by atoms with Gasteiger partial charge in [-0.2, -0.15) is 0 Å². The third-order valence-corrected chi connectivity index (χ3v) is 6.42. The second kappa shape index (κ2) is 7.73. The lowest BCUT2D eigenvalue weighted by Gasteiger charge is -2.37. The number of halogens is 3. The molecule has 1 aromatic heterocycles. The van der Waals surface area contributed by atoms with Gasteiger partial charge < -0.3 is 19.7 Å². The fourth-order valence-electron chi connectivity index (χ4n) is 4.44. The highest BCUT2D eigenvalue weighted by molar-refractivity contribution is 6.42. The number of phenolic OH excluding ortho intramolecular Hbond substituents is 2. The molecule has 6 rings (SSSR count). The summed E-state index contributed by atoms with van der Waals surface area (Å²) < 4.78 is 12.2. The molecule has 0 saturated heterocycles. The van der Waals surface area contributed by atoms with Gasteiger partial charge in [0.15, 0.2) is 10.8 Å². The second-order valence-corrected chi connectivity index (χ2v) is 8.24. The third-order valence-electron chi connectivity index (χ3n) is 5.70. The maximum absolute atomic E-state index is 13.0. The Morgan fingerprint density at radius 3 is 2.44 bits per heavy atom. The summed E-state index contributed by atoms with van der Waals surface area (Å²) in [5.41, 5.74) is 0.701. The lowest BCUT2D eigenvalue weighted by atomic mass is 9.75. The number of ether oxygens (including phenoxy) is 2. The summed E-state index contributed by atoms with van der Waals surface area (Å²) in [6.07, 6.45) is 0. The standard InChI is InChI=1S/C23H11Cl2N3O5.ClH/c24-19-20(26-28-27-21(19)25)13-7-11(30)9-17-18(13)23(15-6-5-10(29)8-16(15)32-17)14-4-2-1-3-12(14)22(31)33-23;/h1-9,29-30H;1H. The van der Waals surface area contributed by atoms with Gasteiger partial charge in [0, 0.05) is 28.8 Å². The Labute approximate surface area is 208 Å². The molecule has 3 heterocycles. The van der Waals surface area contributed by atoms with Crippen LogP contribution in [-0.2, 0) is 10.3 Å². The Morgan fingerprint density at radius 2 is 1.62 bits per heavy atom. The summed E-state index contributed by atoms with van der Waals surface area (Å²) in [5, 5.41) is 31.8. The maximum atomic E-state index is 13.0. The summed E-state index contributed by atoms with van der Waals surface area (Å²) in [5.74, 6) is -0.306. The molecule has 0 amide bonds. The number of aromatic hydroxyl groups is 2. The molecule has 0 radical (unpaired) electrons. The molecule has 0 bridgehead atoms. The largest absolute Gasteiger partial charge is 0.508 e. The lowest BCUT2D eigenvalue weighted by molar-refractivity contribution is 0.0226. The molecule has 0 saturated carbocycles. The van der Waals surface area contributed by atoms with Crippen molar-refractivity contribution in [2.45, 2.75) is 5.60 Å². The highest BCUT2D eigenvalue weighted by atomic mass is 35.5. The molecule has 2 N–H and O–H groups in total. The highest BCUT2D eigenvalue weighted by Crippen LogP contribution is 2.59. The quantitative estimate of drug-likeness (QED) is 0.330. The number of fused-ring (bicyclic) bond motifs is 6. The third kappa shape index (κ3) is 2.93. The maximum Gasteiger partial charge on any atom is 0.340 e. The molecular formula is C23H12Cl3N3O5. The molecule has 2 aliphatic heterocycles. The molecule has 1 atom stereocenters. The van der Waals surface area contributed by atoms with Gasteiger partial charge >= 0.3 is 5.97 Å². The van der Waals surface area contributed by atoms with Gasteiger partial charge in [0.1, 0.15) is 33.7 Å².